The number of nitrogens with one attached hydrogen (secondary N) is 2. The first kappa shape index (κ1) is 11.9. The predicted octanol–water partition coefficient (Wildman–Crippen LogP) is 2.41. The van der Waals surface area contributed by atoms with Crippen molar-refractivity contribution >= 4 is 21.8 Å². The normalized spacial score (nSPS) is 10.2. The molecule has 2 aromatic rings. The van der Waals surface area contributed by atoms with E-state index >= 15 is 0 Å². The van der Waals surface area contributed by atoms with Gasteiger partial charge in [0.2, 0.25) is 0 Å². The minimum Gasteiger partial charge on any atom is -0.348 e. The lowest BCUT2D eigenvalue weighted by Crippen LogP contribution is -2.23. The number of amides is 1. The van der Waals surface area contributed by atoms with E-state index in [2.05, 4.69) is 31.4 Å². The SMILES string of the molecule is Cc1cccc(C(=O)NCc2cn[nH]c2)c1Br. The monoisotopic (exact) mass is 293 g/mol. The van der Waals surface area contributed by atoms with E-state index in [1.165, 1.54) is 0 Å². The molecule has 2 N–H and O–H groups in total. The fraction of sp³-hybridized carbons (Fsp3) is 0.167. The molecule has 0 spiro atoms. The molecule has 0 fully saturated rings. The van der Waals surface area contributed by atoms with Crippen LogP contribution in [0.25, 0.3) is 0 Å². The zero-order valence-electron chi connectivity index (χ0n) is 9.33. The van der Waals surface area contributed by atoms with Crippen molar-refractivity contribution in [2.45, 2.75) is 13.5 Å². The van der Waals surface area contributed by atoms with Gasteiger partial charge < -0.3 is 5.32 Å². The summed E-state index contributed by atoms with van der Waals surface area (Å²) < 4.78 is 0.838. The Hall–Kier alpha value is -1.62. The van der Waals surface area contributed by atoms with Gasteiger partial charge in [-0.3, -0.25) is 9.89 Å². The van der Waals surface area contributed by atoms with Crippen LogP contribution < -0.4 is 5.32 Å². The summed E-state index contributed by atoms with van der Waals surface area (Å²) in [6.45, 7) is 2.42. The second-order valence-corrected chi connectivity index (χ2v) is 4.52. The molecule has 0 atom stereocenters. The molecule has 17 heavy (non-hydrogen) atoms. The Morgan fingerprint density at radius 1 is 1.53 bits per heavy atom. The van der Waals surface area contributed by atoms with Crippen LogP contribution in [0.4, 0.5) is 0 Å². The highest BCUT2D eigenvalue weighted by atomic mass is 79.9. The number of aromatic amines is 1. The molecule has 0 saturated heterocycles. The van der Waals surface area contributed by atoms with Crippen LogP contribution in [0.15, 0.2) is 35.1 Å². The second kappa shape index (κ2) is 5.14. The summed E-state index contributed by atoms with van der Waals surface area (Å²) in [5.41, 5.74) is 2.64. The number of rotatable bonds is 3. The lowest BCUT2D eigenvalue weighted by atomic mass is 10.1. The fourth-order valence-corrected chi connectivity index (χ4v) is 1.92. The largest absolute Gasteiger partial charge is 0.348 e. The Kier molecular flexibility index (Phi) is 3.58. The Labute approximate surface area is 108 Å². The molecule has 1 aromatic carbocycles. The minimum absolute atomic E-state index is 0.0956. The van der Waals surface area contributed by atoms with Gasteiger partial charge in [0.25, 0.3) is 5.91 Å². The lowest BCUT2D eigenvalue weighted by molar-refractivity contribution is 0.0950. The molecular formula is C12H12BrN3O. The Morgan fingerprint density at radius 2 is 2.35 bits per heavy atom. The zero-order chi connectivity index (χ0) is 12.3. The van der Waals surface area contributed by atoms with Gasteiger partial charge in [-0.1, -0.05) is 12.1 Å². The average molecular weight is 294 g/mol. The zero-order valence-corrected chi connectivity index (χ0v) is 10.9. The van der Waals surface area contributed by atoms with Crippen molar-refractivity contribution in [1.29, 1.82) is 0 Å². The van der Waals surface area contributed by atoms with E-state index in [1.807, 2.05) is 19.1 Å². The van der Waals surface area contributed by atoms with Crippen molar-refractivity contribution in [2.24, 2.45) is 0 Å². The van der Waals surface area contributed by atoms with Gasteiger partial charge in [0.15, 0.2) is 0 Å². The maximum Gasteiger partial charge on any atom is 0.252 e. The van der Waals surface area contributed by atoms with Crippen LogP contribution in [0.5, 0.6) is 0 Å². The molecule has 0 saturated carbocycles. The van der Waals surface area contributed by atoms with Gasteiger partial charge in [0.1, 0.15) is 0 Å². The molecule has 4 nitrogen and oxygen atoms in total. The Morgan fingerprint density at radius 3 is 3.06 bits per heavy atom. The number of aryl methyl sites for hydroxylation is 1. The number of halogens is 1. The highest BCUT2D eigenvalue weighted by Gasteiger charge is 2.10. The first-order chi connectivity index (χ1) is 8.18. The summed E-state index contributed by atoms with van der Waals surface area (Å²) in [4.78, 5) is 11.9. The first-order valence-electron chi connectivity index (χ1n) is 5.19. The molecule has 0 aliphatic rings. The highest BCUT2D eigenvalue weighted by molar-refractivity contribution is 9.10. The number of H-pyrrole nitrogens is 1. The molecule has 2 rings (SSSR count). The number of carbonyl (C=O) groups excluding carboxylic acids is 1. The second-order valence-electron chi connectivity index (χ2n) is 3.73. The summed E-state index contributed by atoms with van der Waals surface area (Å²) in [5, 5.41) is 9.36. The maximum absolute atomic E-state index is 11.9. The number of nitrogens with zero attached hydrogens (tertiary/aromatic N) is 1. The molecule has 0 bridgehead atoms. The van der Waals surface area contributed by atoms with E-state index in [0.29, 0.717) is 12.1 Å². The molecule has 0 unspecified atom stereocenters. The van der Waals surface area contributed by atoms with Crippen molar-refractivity contribution < 1.29 is 4.79 Å². The van der Waals surface area contributed by atoms with Crippen molar-refractivity contribution in [3.8, 4) is 0 Å². The predicted molar refractivity (Wildman–Crippen MR) is 68.6 cm³/mol. The number of aromatic nitrogens is 2. The summed E-state index contributed by atoms with van der Waals surface area (Å²) in [6, 6.07) is 5.62. The van der Waals surface area contributed by atoms with Crippen LogP contribution >= 0.6 is 15.9 Å². The summed E-state index contributed by atoms with van der Waals surface area (Å²) in [6.07, 6.45) is 3.44. The van der Waals surface area contributed by atoms with Gasteiger partial charge in [-0.25, -0.2) is 0 Å². The van der Waals surface area contributed by atoms with Crippen LogP contribution in [-0.4, -0.2) is 16.1 Å². The van der Waals surface area contributed by atoms with Gasteiger partial charge >= 0.3 is 0 Å². The summed E-state index contributed by atoms with van der Waals surface area (Å²) in [5.74, 6) is -0.0956. The van der Waals surface area contributed by atoms with E-state index in [1.54, 1.807) is 18.5 Å². The van der Waals surface area contributed by atoms with Crippen molar-refractivity contribution in [3.05, 3.63) is 51.8 Å². The van der Waals surface area contributed by atoms with E-state index in [-0.39, 0.29) is 5.91 Å². The minimum atomic E-state index is -0.0956. The maximum atomic E-state index is 11.9. The van der Waals surface area contributed by atoms with Crippen LogP contribution in [0, 0.1) is 6.92 Å². The highest BCUT2D eigenvalue weighted by Crippen LogP contribution is 2.20. The van der Waals surface area contributed by atoms with E-state index < -0.39 is 0 Å². The standard InChI is InChI=1S/C12H12BrN3O/c1-8-3-2-4-10(11(8)13)12(17)14-5-9-6-15-16-7-9/h2-4,6-7H,5H2,1H3,(H,14,17)(H,15,16). The molecule has 1 amide bonds. The Bertz CT molecular complexity index is 523. The van der Waals surface area contributed by atoms with Crippen LogP contribution in [0.1, 0.15) is 21.5 Å². The molecule has 0 aliphatic heterocycles. The number of benzene rings is 1. The van der Waals surface area contributed by atoms with Gasteiger partial charge in [-0.05, 0) is 34.5 Å². The number of hydrogen-bond donors (Lipinski definition) is 2. The number of hydrogen-bond acceptors (Lipinski definition) is 2. The molecule has 5 heteroatoms. The van der Waals surface area contributed by atoms with Crippen LogP contribution in [0.3, 0.4) is 0 Å². The summed E-state index contributed by atoms with van der Waals surface area (Å²) >= 11 is 3.42. The molecule has 1 heterocycles. The number of carbonyl (C=O) groups is 1. The van der Waals surface area contributed by atoms with E-state index in [9.17, 15) is 4.79 Å². The van der Waals surface area contributed by atoms with Crippen LogP contribution in [-0.2, 0) is 6.54 Å². The van der Waals surface area contributed by atoms with Crippen molar-refractivity contribution in [3.63, 3.8) is 0 Å². The van der Waals surface area contributed by atoms with Crippen molar-refractivity contribution in [2.75, 3.05) is 0 Å². The van der Waals surface area contributed by atoms with Crippen molar-refractivity contribution in [1.82, 2.24) is 15.5 Å². The molecule has 88 valence electrons. The van der Waals surface area contributed by atoms with E-state index in [4.69, 9.17) is 0 Å². The van der Waals surface area contributed by atoms with Gasteiger partial charge in [-0.2, -0.15) is 5.10 Å². The smallest absolute Gasteiger partial charge is 0.252 e. The third-order valence-electron chi connectivity index (χ3n) is 2.44. The summed E-state index contributed by atoms with van der Waals surface area (Å²) in [7, 11) is 0. The molecule has 0 radical (unpaired) electrons. The van der Waals surface area contributed by atoms with Crippen LogP contribution in [0.2, 0.25) is 0 Å². The van der Waals surface area contributed by atoms with Gasteiger partial charge in [-0.15, -0.1) is 0 Å². The third-order valence-corrected chi connectivity index (χ3v) is 3.50. The van der Waals surface area contributed by atoms with Gasteiger partial charge in [0, 0.05) is 22.8 Å². The van der Waals surface area contributed by atoms with E-state index in [0.717, 1.165) is 15.6 Å². The third kappa shape index (κ3) is 2.74. The Balaban J connectivity index is 2.07. The molecule has 0 aliphatic carbocycles. The lowest BCUT2D eigenvalue weighted by Gasteiger charge is -2.07. The average Bonchev–Trinajstić information content (AvgIpc) is 2.82. The van der Waals surface area contributed by atoms with Gasteiger partial charge in [0.05, 0.1) is 11.8 Å². The molecule has 1 aromatic heterocycles. The first-order valence-corrected chi connectivity index (χ1v) is 5.99. The topological polar surface area (TPSA) is 57.8 Å². The molecular weight excluding hydrogens is 282 g/mol. The fourth-order valence-electron chi connectivity index (χ4n) is 1.47. The quantitative estimate of drug-likeness (QED) is 0.913.